The van der Waals surface area contributed by atoms with Gasteiger partial charge in [-0.05, 0) is 19.1 Å². The summed E-state index contributed by atoms with van der Waals surface area (Å²) in [5.41, 5.74) is 1.81. The van der Waals surface area contributed by atoms with E-state index in [1.165, 1.54) is 6.92 Å². The number of carbonyl (C=O) groups excluding carboxylic acids is 1. The van der Waals surface area contributed by atoms with Gasteiger partial charge in [0.05, 0.1) is 0 Å². The van der Waals surface area contributed by atoms with E-state index >= 15 is 0 Å². The molecule has 1 unspecified atom stereocenters. The maximum Gasteiger partial charge on any atom is 0.332 e. The van der Waals surface area contributed by atoms with E-state index in [1.807, 2.05) is 24.3 Å². The molecule has 5 nitrogen and oxygen atoms in total. The van der Waals surface area contributed by atoms with E-state index in [0.717, 1.165) is 17.8 Å². The molecule has 0 radical (unpaired) electrons. The Morgan fingerprint density at radius 2 is 2.00 bits per heavy atom. The highest BCUT2D eigenvalue weighted by Crippen LogP contribution is 2.20. The van der Waals surface area contributed by atoms with Crippen LogP contribution in [-0.2, 0) is 4.79 Å². The van der Waals surface area contributed by atoms with Crippen molar-refractivity contribution in [2.24, 2.45) is 0 Å². The zero-order valence-corrected chi connectivity index (χ0v) is 9.51. The second-order valence-electron chi connectivity index (χ2n) is 3.66. The summed E-state index contributed by atoms with van der Waals surface area (Å²) in [6.45, 7) is 1.97. The molecule has 5 heteroatoms. The molecule has 92 valence electrons. The lowest BCUT2D eigenvalue weighted by atomic mass is 10.0. The highest BCUT2D eigenvalue weighted by molar-refractivity contribution is 6.02. The Morgan fingerprint density at radius 1 is 1.41 bits per heavy atom. The third-order valence-corrected chi connectivity index (χ3v) is 2.25. The largest absolute Gasteiger partial charge is 0.479 e. The maximum atomic E-state index is 11.2. The molecule has 0 saturated heterocycles. The fraction of sp³-hybridized carbons (Fsp3) is 0.333. The average Bonchev–Trinajstić information content (AvgIpc) is 2.30. The molecule has 1 aromatic carbocycles. The zero-order chi connectivity index (χ0) is 12.8. The summed E-state index contributed by atoms with van der Waals surface area (Å²) in [7, 11) is 0. The maximum absolute atomic E-state index is 11.2. The average molecular weight is 237 g/mol. The van der Waals surface area contributed by atoms with Crippen molar-refractivity contribution in [1.29, 1.82) is 0 Å². The van der Waals surface area contributed by atoms with Crippen LogP contribution in [0.15, 0.2) is 24.3 Å². The van der Waals surface area contributed by atoms with Crippen molar-refractivity contribution in [1.82, 2.24) is 0 Å². The van der Waals surface area contributed by atoms with Gasteiger partial charge >= 0.3 is 5.97 Å². The van der Waals surface area contributed by atoms with Gasteiger partial charge < -0.3 is 15.5 Å². The van der Waals surface area contributed by atoms with Crippen LogP contribution in [0.3, 0.4) is 0 Å². The molecule has 0 spiro atoms. The number of aliphatic hydroxyl groups excluding tert-OH is 1. The van der Waals surface area contributed by atoms with Crippen molar-refractivity contribution in [3.05, 3.63) is 29.8 Å². The van der Waals surface area contributed by atoms with Crippen LogP contribution in [0.2, 0.25) is 0 Å². The summed E-state index contributed by atoms with van der Waals surface area (Å²) in [5.74, 6) is -0.936. The molecule has 0 bridgehead atoms. The number of Topliss-reactive ketones (excluding diaryl/α,β-unsaturated/α-hetero) is 1. The lowest BCUT2D eigenvalue weighted by molar-refractivity contribution is -0.145. The second-order valence-corrected chi connectivity index (χ2v) is 3.66. The van der Waals surface area contributed by atoms with E-state index < -0.39 is 12.1 Å². The highest BCUT2D eigenvalue weighted by Gasteiger charge is 2.14. The number of anilines is 1. The Labute approximate surface area is 99.1 Å². The first-order chi connectivity index (χ1) is 8.02. The molecule has 0 amide bonds. The van der Waals surface area contributed by atoms with Crippen molar-refractivity contribution in [2.45, 2.75) is 19.4 Å². The van der Waals surface area contributed by atoms with E-state index in [-0.39, 0.29) is 5.78 Å². The molecule has 0 aromatic heterocycles. The standard InChI is InChI=1S/C9H9NO.C3H6O3/c11-9-5-6-10-8-4-2-1-3-7(8)9;1-2(4)3(5)6/h1-4,10H,5-6H2;2,4H,1H3,(H,5,6). The van der Waals surface area contributed by atoms with Gasteiger partial charge in [0.25, 0.3) is 0 Å². The Hall–Kier alpha value is -1.88. The molecule has 1 heterocycles. The number of carboxylic acid groups (broad SMARTS) is 1. The van der Waals surface area contributed by atoms with E-state index in [1.54, 1.807) is 0 Å². The minimum Gasteiger partial charge on any atom is -0.479 e. The molecule has 1 aliphatic heterocycles. The number of ketones is 1. The van der Waals surface area contributed by atoms with E-state index in [2.05, 4.69) is 5.32 Å². The van der Waals surface area contributed by atoms with Crippen LogP contribution in [-0.4, -0.2) is 34.6 Å². The van der Waals surface area contributed by atoms with Gasteiger partial charge in [-0.1, -0.05) is 12.1 Å². The van der Waals surface area contributed by atoms with E-state index in [4.69, 9.17) is 10.2 Å². The monoisotopic (exact) mass is 237 g/mol. The van der Waals surface area contributed by atoms with Crippen LogP contribution in [0.5, 0.6) is 0 Å². The summed E-state index contributed by atoms with van der Waals surface area (Å²) in [6.07, 6.45) is -0.609. The Kier molecular flexibility index (Phi) is 4.66. The van der Waals surface area contributed by atoms with Gasteiger partial charge in [0.2, 0.25) is 0 Å². The van der Waals surface area contributed by atoms with Gasteiger partial charge in [-0.3, -0.25) is 4.79 Å². The summed E-state index contributed by atoms with van der Waals surface area (Å²) in [6, 6.07) is 7.63. The summed E-state index contributed by atoms with van der Waals surface area (Å²) < 4.78 is 0. The number of rotatable bonds is 1. The molecule has 1 aliphatic rings. The van der Waals surface area contributed by atoms with Crippen LogP contribution in [0, 0.1) is 0 Å². The van der Waals surface area contributed by atoms with Gasteiger partial charge in [-0.15, -0.1) is 0 Å². The van der Waals surface area contributed by atoms with Crippen LogP contribution in [0.4, 0.5) is 5.69 Å². The summed E-state index contributed by atoms with van der Waals surface area (Å²) in [4.78, 5) is 20.7. The molecule has 0 fully saturated rings. The molecule has 1 aromatic rings. The van der Waals surface area contributed by atoms with Crippen molar-refractivity contribution >= 4 is 17.4 Å². The highest BCUT2D eigenvalue weighted by atomic mass is 16.4. The first kappa shape index (κ1) is 13.2. The van der Waals surface area contributed by atoms with Crippen molar-refractivity contribution < 1.29 is 19.8 Å². The van der Waals surface area contributed by atoms with Gasteiger partial charge in [0.1, 0.15) is 6.10 Å². The van der Waals surface area contributed by atoms with Crippen molar-refractivity contribution in [3.8, 4) is 0 Å². The number of para-hydroxylation sites is 1. The molecule has 17 heavy (non-hydrogen) atoms. The second kappa shape index (κ2) is 6.00. The smallest absolute Gasteiger partial charge is 0.332 e. The van der Waals surface area contributed by atoms with Gasteiger partial charge in [-0.2, -0.15) is 0 Å². The van der Waals surface area contributed by atoms with Crippen LogP contribution in [0.1, 0.15) is 23.7 Å². The fourth-order valence-corrected chi connectivity index (χ4v) is 1.33. The SMILES string of the molecule is CC(O)C(=O)O.O=C1CCNc2ccccc21. The number of carbonyl (C=O) groups is 2. The van der Waals surface area contributed by atoms with Crippen LogP contribution >= 0.6 is 0 Å². The molecule has 0 aliphatic carbocycles. The van der Waals surface area contributed by atoms with Crippen LogP contribution in [0.25, 0.3) is 0 Å². The number of hydrogen-bond donors (Lipinski definition) is 3. The van der Waals surface area contributed by atoms with Gasteiger partial charge in [0, 0.05) is 24.2 Å². The quantitative estimate of drug-likeness (QED) is 0.681. The zero-order valence-electron chi connectivity index (χ0n) is 9.51. The predicted octanol–water partition coefficient (Wildman–Crippen LogP) is 1.14. The Morgan fingerprint density at radius 3 is 2.53 bits per heavy atom. The number of carboxylic acids is 1. The first-order valence-electron chi connectivity index (χ1n) is 5.29. The number of hydrogen-bond acceptors (Lipinski definition) is 4. The minimum atomic E-state index is -1.23. The van der Waals surface area contributed by atoms with Crippen molar-refractivity contribution in [2.75, 3.05) is 11.9 Å². The molecule has 3 N–H and O–H groups in total. The minimum absolute atomic E-state index is 0.249. The Balaban J connectivity index is 0.000000209. The normalized spacial score (nSPS) is 14.8. The lowest BCUT2D eigenvalue weighted by Crippen LogP contribution is -2.17. The van der Waals surface area contributed by atoms with Crippen LogP contribution < -0.4 is 5.32 Å². The molecule has 2 rings (SSSR count). The molecule has 1 atom stereocenters. The van der Waals surface area contributed by atoms with Crippen molar-refractivity contribution in [3.63, 3.8) is 0 Å². The predicted molar refractivity (Wildman–Crippen MR) is 63.2 cm³/mol. The lowest BCUT2D eigenvalue weighted by Gasteiger charge is -2.15. The number of aliphatic carboxylic acids is 1. The third kappa shape index (κ3) is 3.88. The number of benzene rings is 1. The number of nitrogens with one attached hydrogen (secondary N) is 1. The summed E-state index contributed by atoms with van der Waals surface area (Å²) >= 11 is 0. The topological polar surface area (TPSA) is 86.6 Å². The third-order valence-electron chi connectivity index (χ3n) is 2.25. The van der Waals surface area contributed by atoms with Gasteiger partial charge in [0.15, 0.2) is 5.78 Å². The molecular formula is C12H15NO4. The number of aliphatic hydroxyl groups is 1. The fourth-order valence-electron chi connectivity index (χ4n) is 1.33. The first-order valence-corrected chi connectivity index (χ1v) is 5.29. The Bertz CT molecular complexity index is 415. The van der Waals surface area contributed by atoms with E-state index in [9.17, 15) is 9.59 Å². The molecular weight excluding hydrogens is 222 g/mol. The van der Waals surface area contributed by atoms with E-state index in [0.29, 0.717) is 6.42 Å². The number of fused-ring (bicyclic) bond motifs is 1. The summed E-state index contributed by atoms with van der Waals surface area (Å²) in [5, 5.41) is 18.9. The molecule has 0 saturated carbocycles. The van der Waals surface area contributed by atoms with Gasteiger partial charge in [-0.25, -0.2) is 4.79 Å².